The number of hydrogen-bond donors (Lipinski definition) is 0. The molecule has 5 nitrogen and oxygen atoms in total. The van der Waals surface area contributed by atoms with Crippen LogP contribution in [0.25, 0.3) is 6.08 Å². The Morgan fingerprint density at radius 2 is 2.09 bits per heavy atom. The standard InChI is InChI=1S/C15H12F2O5/c1-19-11-7-10(20-14(18)8-11)4-2-9-3-5-12-13(6-9)22-15(16,17)21-12/h2-6,8,10H,7H2,1H3/b4-2+. The van der Waals surface area contributed by atoms with Gasteiger partial charge in [0.1, 0.15) is 11.9 Å². The molecule has 0 spiro atoms. The van der Waals surface area contributed by atoms with Gasteiger partial charge in [-0.1, -0.05) is 12.1 Å². The van der Waals surface area contributed by atoms with E-state index < -0.39 is 18.4 Å². The van der Waals surface area contributed by atoms with Crippen LogP contribution in [0, 0.1) is 0 Å². The van der Waals surface area contributed by atoms with Crippen molar-refractivity contribution in [1.82, 2.24) is 0 Å². The van der Waals surface area contributed by atoms with Gasteiger partial charge >= 0.3 is 12.3 Å². The first kappa shape index (κ1) is 14.4. The molecule has 1 atom stereocenters. The van der Waals surface area contributed by atoms with E-state index in [1.807, 2.05) is 0 Å². The Balaban J connectivity index is 1.72. The van der Waals surface area contributed by atoms with Gasteiger partial charge in [-0.05, 0) is 23.8 Å². The number of cyclic esters (lactones) is 1. The normalized spacial score (nSPS) is 22.4. The van der Waals surface area contributed by atoms with Crippen LogP contribution < -0.4 is 9.47 Å². The summed E-state index contributed by atoms with van der Waals surface area (Å²) < 4.78 is 44.7. The summed E-state index contributed by atoms with van der Waals surface area (Å²) in [5.74, 6) is -0.0135. The van der Waals surface area contributed by atoms with E-state index in [1.54, 1.807) is 18.2 Å². The molecule has 2 aliphatic heterocycles. The number of carbonyl (C=O) groups excluding carboxylic acids is 1. The van der Waals surface area contributed by atoms with Crippen molar-refractivity contribution < 1.29 is 32.5 Å². The molecular weight excluding hydrogens is 298 g/mol. The molecular formula is C15H12F2O5. The van der Waals surface area contributed by atoms with Crippen LogP contribution in [0.4, 0.5) is 8.78 Å². The molecule has 0 aliphatic carbocycles. The van der Waals surface area contributed by atoms with E-state index in [0.29, 0.717) is 17.7 Å². The Bertz CT molecular complexity index is 666. The molecule has 1 aromatic rings. The summed E-state index contributed by atoms with van der Waals surface area (Å²) in [6.07, 6.45) is 0.895. The van der Waals surface area contributed by atoms with Crippen molar-refractivity contribution in [3.8, 4) is 11.5 Å². The Labute approximate surface area is 124 Å². The maximum atomic E-state index is 12.9. The van der Waals surface area contributed by atoms with Crippen molar-refractivity contribution in [1.29, 1.82) is 0 Å². The van der Waals surface area contributed by atoms with Crippen LogP contribution in [0.1, 0.15) is 12.0 Å². The average molecular weight is 310 g/mol. The van der Waals surface area contributed by atoms with Crippen molar-refractivity contribution in [2.24, 2.45) is 0 Å². The fraction of sp³-hybridized carbons (Fsp3) is 0.267. The summed E-state index contributed by atoms with van der Waals surface area (Å²) in [5.41, 5.74) is 0.615. The fourth-order valence-corrected chi connectivity index (χ4v) is 2.15. The third-order valence-electron chi connectivity index (χ3n) is 3.14. The maximum Gasteiger partial charge on any atom is 0.586 e. The minimum absolute atomic E-state index is 0.0177. The number of alkyl halides is 2. The van der Waals surface area contributed by atoms with Gasteiger partial charge in [-0.15, -0.1) is 8.78 Å². The molecule has 0 N–H and O–H groups in total. The lowest BCUT2D eigenvalue weighted by Gasteiger charge is -2.19. The minimum atomic E-state index is -3.64. The molecule has 0 radical (unpaired) electrons. The number of halogens is 2. The molecule has 0 amide bonds. The van der Waals surface area contributed by atoms with Gasteiger partial charge in [0.25, 0.3) is 0 Å². The van der Waals surface area contributed by atoms with Gasteiger partial charge in [0.2, 0.25) is 0 Å². The first-order valence-corrected chi connectivity index (χ1v) is 6.48. The van der Waals surface area contributed by atoms with Gasteiger partial charge < -0.3 is 18.9 Å². The zero-order valence-corrected chi connectivity index (χ0v) is 11.5. The van der Waals surface area contributed by atoms with Gasteiger partial charge in [-0.2, -0.15) is 0 Å². The summed E-state index contributed by atoms with van der Waals surface area (Å²) >= 11 is 0. The van der Waals surface area contributed by atoms with Crippen LogP contribution >= 0.6 is 0 Å². The second-order valence-corrected chi connectivity index (χ2v) is 4.73. The monoisotopic (exact) mass is 310 g/mol. The molecule has 0 bridgehead atoms. The number of ether oxygens (including phenoxy) is 4. The second kappa shape index (κ2) is 5.32. The molecule has 116 valence electrons. The predicted octanol–water partition coefficient (Wildman–Crippen LogP) is 2.87. The molecule has 0 saturated carbocycles. The first-order valence-electron chi connectivity index (χ1n) is 6.48. The quantitative estimate of drug-likeness (QED) is 0.804. The maximum absolute atomic E-state index is 12.9. The smallest absolute Gasteiger partial charge is 0.501 e. The highest BCUT2D eigenvalue weighted by molar-refractivity contribution is 5.83. The molecule has 22 heavy (non-hydrogen) atoms. The summed E-state index contributed by atoms with van der Waals surface area (Å²) in [5, 5.41) is 0. The summed E-state index contributed by atoms with van der Waals surface area (Å²) in [7, 11) is 1.48. The Kier molecular flexibility index (Phi) is 3.48. The first-order chi connectivity index (χ1) is 10.4. The molecule has 3 rings (SSSR count). The number of fused-ring (bicyclic) bond motifs is 1. The van der Waals surface area contributed by atoms with Gasteiger partial charge in [0.15, 0.2) is 11.5 Å². The summed E-state index contributed by atoms with van der Waals surface area (Å²) in [6, 6.07) is 4.41. The topological polar surface area (TPSA) is 54.0 Å². The van der Waals surface area contributed by atoms with E-state index in [9.17, 15) is 13.6 Å². The lowest BCUT2D eigenvalue weighted by atomic mass is 10.1. The SMILES string of the molecule is COC1=CC(=O)OC(/C=C/c2ccc3c(c2)OC(F)(F)O3)C1. The molecule has 1 unspecified atom stereocenters. The zero-order valence-electron chi connectivity index (χ0n) is 11.5. The van der Waals surface area contributed by atoms with E-state index in [0.717, 1.165) is 0 Å². The molecule has 1 aromatic carbocycles. The van der Waals surface area contributed by atoms with Crippen molar-refractivity contribution in [3.05, 3.63) is 41.7 Å². The highest BCUT2D eigenvalue weighted by Gasteiger charge is 2.43. The molecule has 0 fully saturated rings. The number of methoxy groups -OCH3 is 1. The largest absolute Gasteiger partial charge is 0.586 e. The van der Waals surface area contributed by atoms with Crippen molar-refractivity contribution in [2.75, 3.05) is 7.11 Å². The van der Waals surface area contributed by atoms with E-state index in [2.05, 4.69) is 9.47 Å². The lowest BCUT2D eigenvalue weighted by Crippen LogP contribution is -2.25. The van der Waals surface area contributed by atoms with Gasteiger partial charge in [-0.3, -0.25) is 0 Å². The van der Waals surface area contributed by atoms with Crippen LogP contribution in [0.2, 0.25) is 0 Å². The van der Waals surface area contributed by atoms with E-state index in [1.165, 1.54) is 25.3 Å². The molecule has 0 saturated heterocycles. The number of hydrogen-bond acceptors (Lipinski definition) is 5. The molecule has 0 aromatic heterocycles. The van der Waals surface area contributed by atoms with Crippen molar-refractivity contribution in [2.45, 2.75) is 18.8 Å². The van der Waals surface area contributed by atoms with E-state index in [4.69, 9.17) is 9.47 Å². The number of rotatable bonds is 3. The zero-order chi connectivity index (χ0) is 15.7. The van der Waals surface area contributed by atoms with Crippen molar-refractivity contribution in [3.63, 3.8) is 0 Å². The number of benzene rings is 1. The average Bonchev–Trinajstić information content (AvgIpc) is 2.77. The Morgan fingerprint density at radius 3 is 2.86 bits per heavy atom. The highest BCUT2D eigenvalue weighted by Crippen LogP contribution is 2.41. The summed E-state index contributed by atoms with van der Waals surface area (Å²) in [6.45, 7) is 0. The van der Waals surface area contributed by atoms with Crippen LogP contribution in [0.5, 0.6) is 11.5 Å². The predicted molar refractivity (Wildman–Crippen MR) is 71.3 cm³/mol. The van der Waals surface area contributed by atoms with E-state index in [-0.39, 0.29) is 11.5 Å². The van der Waals surface area contributed by atoms with Crippen molar-refractivity contribution >= 4 is 12.0 Å². The molecule has 2 aliphatic rings. The number of carbonyl (C=O) groups is 1. The van der Waals surface area contributed by atoms with Crippen LogP contribution in [-0.4, -0.2) is 25.5 Å². The molecule has 7 heteroatoms. The fourth-order valence-electron chi connectivity index (χ4n) is 2.15. The highest BCUT2D eigenvalue weighted by atomic mass is 19.3. The van der Waals surface area contributed by atoms with Gasteiger partial charge in [-0.25, -0.2) is 4.79 Å². The van der Waals surface area contributed by atoms with Crippen LogP contribution in [-0.2, 0) is 14.3 Å². The van der Waals surface area contributed by atoms with E-state index >= 15 is 0 Å². The lowest BCUT2D eigenvalue weighted by molar-refractivity contribution is -0.286. The molecule has 2 heterocycles. The van der Waals surface area contributed by atoms with Crippen LogP contribution in [0.15, 0.2) is 36.1 Å². The van der Waals surface area contributed by atoms with Gasteiger partial charge in [0, 0.05) is 6.42 Å². The third kappa shape index (κ3) is 3.03. The van der Waals surface area contributed by atoms with Gasteiger partial charge in [0.05, 0.1) is 13.2 Å². The second-order valence-electron chi connectivity index (χ2n) is 4.73. The Morgan fingerprint density at radius 1 is 1.32 bits per heavy atom. The number of esters is 1. The third-order valence-corrected chi connectivity index (χ3v) is 3.14. The van der Waals surface area contributed by atoms with Crippen LogP contribution in [0.3, 0.4) is 0 Å². The Hall–Kier alpha value is -2.57. The summed E-state index contributed by atoms with van der Waals surface area (Å²) in [4.78, 5) is 11.3. The minimum Gasteiger partial charge on any atom is -0.501 e.